The minimum atomic E-state index is 0.0665. The number of hydrogen-bond acceptors (Lipinski definition) is 2. The minimum Gasteiger partial charge on any atom is -0.353 e. The molecule has 1 amide bonds. The summed E-state index contributed by atoms with van der Waals surface area (Å²) in [6, 6.07) is 0.242. The average Bonchev–Trinajstić information content (AvgIpc) is 1.82. The molecule has 0 atom stereocenters. The van der Waals surface area contributed by atoms with E-state index in [0.717, 1.165) is 6.54 Å². The Kier molecular flexibility index (Phi) is 4.94. The third-order valence-electron chi connectivity index (χ3n) is 0.985. The lowest BCUT2D eigenvalue weighted by Crippen LogP contribution is -2.37. The maximum atomic E-state index is 10.8. The van der Waals surface area contributed by atoms with E-state index >= 15 is 0 Å². The quantitative estimate of drug-likeness (QED) is 0.588. The predicted molar refractivity (Wildman–Crippen MR) is 41.8 cm³/mol. The number of carbonyl (C=O) groups is 1. The van der Waals surface area contributed by atoms with Crippen LogP contribution in [0.5, 0.6) is 0 Å². The van der Waals surface area contributed by atoms with E-state index in [1.807, 2.05) is 20.8 Å². The fraction of sp³-hybridized carbons (Fsp3) is 0.857. The summed E-state index contributed by atoms with van der Waals surface area (Å²) in [5, 5.41) is 5.72. The Morgan fingerprint density at radius 2 is 2.10 bits per heavy atom. The summed E-state index contributed by atoms with van der Waals surface area (Å²) in [5.74, 6) is 0.0665. The van der Waals surface area contributed by atoms with Crippen LogP contribution in [0.15, 0.2) is 0 Å². The van der Waals surface area contributed by atoms with E-state index in [1.54, 1.807) is 0 Å². The molecule has 0 aliphatic carbocycles. The SMILES string of the molecule is CCNCC(=O)NC(C)C. The molecule has 2 N–H and O–H groups in total. The highest BCUT2D eigenvalue weighted by atomic mass is 16.1. The molecule has 60 valence electrons. The third kappa shape index (κ3) is 5.56. The normalized spacial score (nSPS) is 10.0. The molecule has 0 fully saturated rings. The van der Waals surface area contributed by atoms with E-state index in [4.69, 9.17) is 0 Å². The Bertz CT molecular complexity index is 102. The molecule has 0 spiro atoms. The molecule has 10 heavy (non-hydrogen) atoms. The molecule has 0 saturated heterocycles. The first-order chi connectivity index (χ1) is 4.66. The van der Waals surface area contributed by atoms with Crippen LogP contribution in [0.4, 0.5) is 0 Å². The van der Waals surface area contributed by atoms with Gasteiger partial charge in [0.05, 0.1) is 6.54 Å². The molecule has 0 aromatic rings. The van der Waals surface area contributed by atoms with Crippen molar-refractivity contribution in [2.24, 2.45) is 0 Å². The first-order valence-electron chi connectivity index (χ1n) is 3.67. The van der Waals surface area contributed by atoms with Gasteiger partial charge in [0.1, 0.15) is 0 Å². The highest BCUT2D eigenvalue weighted by Crippen LogP contribution is 1.74. The summed E-state index contributed by atoms with van der Waals surface area (Å²) in [6.45, 7) is 7.14. The fourth-order valence-corrected chi connectivity index (χ4v) is 0.612. The van der Waals surface area contributed by atoms with Crippen LogP contribution in [0.3, 0.4) is 0 Å². The Balaban J connectivity index is 3.26. The Hall–Kier alpha value is -0.570. The summed E-state index contributed by atoms with van der Waals surface area (Å²) < 4.78 is 0. The first-order valence-corrected chi connectivity index (χ1v) is 3.67. The van der Waals surface area contributed by atoms with Crippen LogP contribution in [0.25, 0.3) is 0 Å². The van der Waals surface area contributed by atoms with Crippen molar-refractivity contribution in [1.82, 2.24) is 10.6 Å². The fourth-order valence-electron chi connectivity index (χ4n) is 0.612. The van der Waals surface area contributed by atoms with Crippen molar-refractivity contribution in [3.63, 3.8) is 0 Å². The molecular weight excluding hydrogens is 128 g/mol. The molecule has 0 saturated carbocycles. The second-order valence-corrected chi connectivity index (χ2v) is 2.50. The highest BCUT2D eigenvalue weighted by molar-refractivity contribution is 5.78. The summed E-state index contributed by atoms with van der Waals surface area (Å²) >= 11 is 0. The number of nitrogens with one attached hydrogen (secondary N) is 2. The van der Waals surface area contributed by atoms with Gasteiger partial charge in [-0.05, 0) is 20.4 Å². The number of hydrogen-bond donors (Lipinski definition) is 2. The van der Waals surface area contributed by atoms with E-state index in [1.165, 1.54) is 0 Å². The highest BCUT2D eigenvalue weighted by Gasteiger charge is 1.99. The Morgan fingerprint density at radius 3 is 2.50 bits per heavy atom. The molecule has 0 unspecified atom stereocenters. The van der Waals surface area contributed by atoms with Gasteiger partial charge in [-0.2, -0.15) is 0 Å². The van der Waals surface area contributed by atoms with Crippen molar-refractivity contribution >= 4 is 5.91 Å². The van der Waals surface area contributed by atoms with Crippen LogP contribution >= 0.6 is 0 Å². The number of carbonyl (C=O) groups excluding carboxylic acids is 1. The van der Waals surface area contributed by atoms with Crippen molar-refractivity contribution in [3.05, 3.63) is 0 Å². The van der Waals surface area contributed by atoms with Gasteiger partial charge in [0.25, 0.3) is 0 Å². The van der Waals surface area contributed by atoms with Gasteiger partial charge in [0.2, 0.25) is 5.91 Å². The lowest BCUT2D eigenvalue weighted by Gasteiger charge is -2.07. The smallest absolute Gasteiger partial charge is 0.234 e. The molecule has 0 rings (SSSR count). The molecule has 3 heteroatoms. The van der Waals surface area contributed by atoms with Gasteiger partial charge in [0.15, 0.2) is 0 Å². The van der Waals surface area contributed by atoms with Gasteiger partial charge in [-0.3, -0.25) is 4.79 Å². The standard InChI is InChI=1S/C7H16N2O/c1-4-8-5-7(10)9-6(2)3/h6,8H,4-5H2,1-3H3,(H,9,10). The van der Waals surface area contributed by atoms with E-state index in [-0.39, 0.29) is 11.9 Å². The van der Waals surface area contributed by atoms with Gasteiger partial charge in [0, 0.05) is 6.04 Å². The largest absolute Gasteiger partial charge is 0.353 e. The summed E-state index contributed by atoms with van der Waals surface area (Å²) in [4.78, 5) is 10.8. The maximum Gasteiger partial charge on any atom is 0.234 e. The van der Waals surface area contributed by atoms with Crippen LogP contribution in [0, 0.1) is 0 Å². The van der Waals surface area contributed by atoms with Gasteiger partial charge in [-0.25, -0.2) is 0 Å². The summed E-state index contributed by atoms with van der Waals surface area (Å²) in [5.41, 5.74) is 0. The van der Waals surface area contributed by atoms with Crippen LogP contribution in [0.2, 0.25) is 0 Å². The van der Waals surface area contributed by atoms with Gasteiger partial charge < -0.3 is 10.6 Å². The monoisotopic (exact) mass is 144 g/mol. The Morgan fingerprint density at radius 1 is 1.50 bits per heavy atom. The van der Waals surface area contributed by atoms with Crippen molar-refractivity contribution in [2.75, 3.05) is 13.1 Å². The van der Waals surface area contributed by atoms with Crippen LogP contribution in [-0.4, -0.2) is 25.0 Å². The first kappa shape index (κ1) is 9.43. The molecule has 0 aromatic heterocycles. The second kappa shape index (κ2) is 5.23. The van der Waals surface area contributed by atoms with Crippen molar-refractivity contribution in [1.29, 1.82) is 0 Å². The summed E-state index contributed by atoms with van der Waals surface area (Å²) in [7, 11) is 0. The van der Waals surface area contributed by atoms with E-state index < -0.39 is 0 Å². The number of rotatable bonds is 4. The second-order valence-electron chi connectivity index (χ2n) is 2.50. The van der Waals surface area contributed by atoms with Crippen molar-refractivity contribution in [2.45, 2.75) is 26.8 Å². The molecule has 0 radical (unpaired) electrons. The number of likely N-dealkylation sites (N-methyl/N-ethyl adjacent to an activating group) is 1. The van der Waals surface area contributed by atoms with Crippen LogP contribution in [-0.2, 0) is 4.79 Å². The third-order valence-corrected chi connectivity index (χ3v) is 0.985. The molecule has 3 nitrogen and oxygen atoms in total. The Labute approximate surface area is 62.2 Å². The van der Waals surface area contributed by atoms with E-state index in [2.05, 4.69) is 10.6 Å². The number of amides is 1. The zero-order chi connectivity index (χ0) is 7.98. The van der Waals surface area contributed by atoms with E-state index in [0.29, 0.717) is 6.54 Å². The van der Waals surface area contributed by atoms with Crippen LogP contribution < -0.4 is 10.6 Å². The lowest BCUT2D eigenvalue weighted by molar-refractivity contribution is -0.120. The molecule has 0 heterocycles. The zero-order valence-electron chi connectivity index (χ0n) is 6.90. The molecular formula is C7H16N2O. The summed E-state index contributed by atoms with van der Waals surface area (Å²) in [6.07, 6.45) is 0. The topological polar surface area (TPSA) is 41.1 Å². The maximum absolute atomic E-state index is 10.8. The molecule has 0 aliphatic heterocycles. The van der Waals surface area contributed by atoms with Gasteiger partial charge in [-0.1, -0.05) is 6.92 Å². The van der Waals surface area contributed by atoms with Gasteiger partial charge >= 0.3 is 0 Å². The molecule has 0 bridgehead atoms. The lowest BCUT2D eigenvalue weighted by atomic mass is 10.4. The predicted octanol–water partition coefficient (Wildman–Crippen LogP) is 0.120. The minimum absolute atomic E-state index is 0.0665. The zero-order valence-corrected chi connectivity index (χ0v) is 6.90. The van der Waals surface area contributed by atoms with Crippen LogP contribution in [0.1, 0.15) is 20.8 Å². The van der Waals surface area contributed by atoms with Crippen molar-refractivity contribution < 1.29 is 4.79 Å². The molecule has 0 aromatic carbocycles. The van der Waals surface area contributed by atoms with Gasteiger partial charge in [-0.15, -0.1) is 0 Å². The van der Waals surface area contributed by atoms with Crippen molar-refractivity contribution in [3.8, 4) is 0 Å². The molecule has 0 aliphatic rings. The average molecular weight is 144 g/mol. The van der Waals surface area contributed by atoms with E-state index in [9.17, 15) is 4.79 Å².